The zero-order valence-electron chi connectivity index (χ0n) is 14.5. The van der Waals surface area contributed by atoms with Gasteiger partial charge in [0.05, 0.1) is 12.0 Å². The molecule has 0 saturated carbocycles. The van der Waals surface area contributed by atoms with Gasteiger partial charge in [0.1, 0.15) is 6.04 Å². The third-order valence-electron chi connectivity index (χ3n) is 3.86. The standard InChI is InChI=1S/C20H22N2O4/c1-14(23)21-17(12-15-8-4-2-5-9-15)19(24)22-18(20(25)26)13-16-10-6-3-7-11-16/h2-11,17-18H,12-13H2,1H3,(H,21,23)(H,22,24)(H,25,26)/p-1/t17-,18-/m0/s1. The molecule has 6 heteroatoms. The van der Waals surface area contributed by atoms with Crippen molar-refractivity contribution in [2.24, 2.45) is 0 Å². The minimum Gasteiger partial charge on any atom is -0.548 e. The number of carbonyl (C=O) groups excluding carboxylic acids is 3. The van der Waals surface area contributed by atoms with Gasteiger partial charge >= 0.3 is 0 Å². The lowest BCUT2D eigenvalue weighted by Gasteiger charge is -2.24. The first-order chi connectivity index (χ1) is 12.5. The quantitative estimate of drug-likeness (QED) is 0.709. The van der Waals surface area contributed by atoms with Crippen LogP contribution in [-0.2, 0) is 27.2 Å². The van der Waals surface area contributed by atoms with Crippen LogP contribution in [0.5, 0.6) is 0 Å². The number of nitrogens with one attached hydrogen (secondary N) is 2. The van der Waals surface area contributed by atoms with Gasteiger partial charge in [-0.3, -0.25) is 9.59 Å². The predicted octanol–water partition coefficient (Wildman–Crippen LogP) is 0.211. The Bertz CT molecular complexity index is 747. The van der Waals surface area contributed by atoms with Crippen molar-refractivity contribution in [2.75, 3.05) is 0 Å². The second-order valence-electron chi connectivity index (χ2n) is 6.01. The number of amides is 2. The Kier molecular flexibility index (Phi) is 6.91. The topological polar surface area (TPSA) is 98.3 Å². The summed E-state index contributed by atoms with van der Waals surface area (Å²) in [6, 6.07) is 16.1. The molecule has 0 aliphatic heterocycles. The molecule has 0 spiro atoms. The number of carboxylic acid groups (broad SMARTS) is 1. The first-order valence-corrected chi connectivity index (χ1v) is 8.32. The van der Waals surface area contributed by atoms with Crippen LogP contribution in [0.1, 0.15) is 18.1 Å². The highest BCUT2D eigenvalue weighted by Gasteiger charge is 2.23. The molecule has 0 aliphatic rings. The third-order valence-corrected chi connectivity index (χ3v) is 3.86. The summed E-state index contributed by atoms with van der Waals surface area (Å²) in [6.07, 6.45) is 0.365. The van der Waals surface area contributed by atoms with Gasteiger partial charge in [0.15, 0.2) is 0 Å². The minimum atomic E-state index is -1.37. The van der Waals surface area contributed by atoms with Crippen LogP contribution in [0, 0.1) is 0 Å². The highest BCUT2D eigenvalue weighted by molar-refractivity contribution is 5.89. The van der Waals surface area contributed by atoms with Crippen LogP contribution in [0.25, 0.3) is 0 Å². The summed E-state index contributed by atoms with van der Waals surface area (Å²) in [5.74, 6) is -2.30. The average molecular weight is 353 g/mol. The summed E-state index contributed by atoms with van der Waals surface area (Å²) in [4.78, 5) is 35.4. The van der Waals surface area contributed by atoms with E-state index in [2.05, 4.69) is 10.6 Å². The van der Waals surface area contributed by atoms with E-state index in [-0.39, 0.29) is 18.7 Å². The van der Waals surface area contributed by atoms with E-state index in [1.807, 2.05) is 36.4 Å². The molecule has 0 aliphatic carbocycles. The maximum Gasteiger partial charge on any atom is 0.243 e. The summed E-state index contributed by atoms with van der Waals surface area (Å²) < 4.78 is 0. The predicted molar refractivity (Wildman–Crippen MR) is 94.8 cm³/mol. The third kappa shape index (κ3) is 6.05. The summed E-state index contributed by atoms with van der Waals surface area (Å²) in [7, 11) is 0. The van der Waals surface area contributed by atoms with Crippen LogP contribution in [0.3, 0.4) is 0 Å². The zero-order valence-corrected chi connectivity index (χ0v) is 14.5. The van der Waals surface area contributed by atoms with Crippen LogP contribution in [0.4, 0.5) is 0 Å². The van der Waals surface area contributed by atoms with Crippen LogP contribution >= 0.6 is 0 Å². The number of carbonyl (C=O) groups is 3. The molecule has 0 unspecified atom stereocenters. The Hall–Kier alpha value is -3.15. The summed E-state index contributed by atoms with van der Waals surface area (Å²) in [5, 5.41) is 16.5. The molecular formula is C20H21N2O4-. The number of hydrogen-bond acceptors (Lipinski definition) is 4. The van der Waals surface area contributed by atoms with Gasteiger partial charge in [-0.2, -0.15) is 0 Å². The van der Waals surface area contributed by atoms with Gasteiger partial charge in [0.2, 0.25) is 11.8 Å². The van der Waals surface area contributed by atoms with Crippen molar-refractivity contribution in [2.45, 2.75) is 31.8 Å². The second kappa shape index (κ2) is 9.36. The van der Waals surface area contributed by atoms with Gasteiger partial charge in [0.25, 0.3) is 0 Å². The van der Waals surface area contributed by atoms with Crippen LogP contribution < -0.4 is 15.7 Å². The van der Waals surface area contributed by atoms with Gasteiger partial charge in [-0.15, -0.1) is 0 Å². The van der Waals surface area contributed by atoms with E-state index in [0.717, 1.165) is 11.1 Å². The lowest BCUT2D eigenvalue weighted by molar-refractivity contribution is -0.308. The van der Waals surface area contributed by atoms with Gasteiger partial charge < -0.3 is 20.5 Å². The highest BCUT2D eigenvalue weighted by Crippen LogP contribution is 2.06. The Morgan fingerprint density at radius 2 is 1.27 bits per heavy atom. The van der Waals surface area contributed by atoms with Crippen molar-refractivity contribution in [1.29, 1.82) is 0 Å². The SMILES string of the molecule is CC(=O)N[C@@H](Cc1ccccc1)C(=O)N[C@@H](Cc1ccccc1)C(=O)[O-]. The molecule has 0 radical (unpaired) electrons. The monoisotopic (exact) mass is 353 g/mol. The molecule has 2 rings (SSSR count). The molecule has 0 saturated heterocycles. The molecule has 0 fully saturated rings. The number of hydrogen-bond donors (Lipinski definition) is 2. The smallest absolute Gasteiger partial charge is 0.243 e. The normalized spacial score (nSPS) is 12.7. The molecule has 136 valence electrons. The van der Waals surface area contributed by atoms with Gasteiger partial charge in [0, 0.05) is 13.3 Å². The van der Waals surface area contributed by atoms with Crippen LogP contribution in [-0.4, -0.2) is 29.9 Å². The Morgan fingerprint density at radius 3 is 1.69 bits per heavy atom. The fraction of sp³-hybridized carbons (Fsp3) is 0.250. The van der Waals surface area contributed by atoms with Crippen molar-refractivity contribution in [3.8, 4) is 0 Å². The number of rotatable bonds is 8. The summed E-state index contributed by atoms with van der Waals surface area (Å²) >= 11 is 0. The van der Waals surface area contributed by atoms with Gasteiger partial charge in [-0.1, -0.05) is 60.7 Å². The fourth-order valence-corrected chi connectivity index (χ4v) is 2.62. The van der Waals surface area contributed by atoms with Crippen molar-refractivity contribution < 1.29 is 19.5 Å². The Labute approximate surface area is 152 Å². The molecule has 2 aromatic rings. The molecule has 0 bridgehead atoms. The first kappa shape index (κ1) is 19.2. The Morgan fingerprint density at radius 1 is 0.808 bits per heavy atom. The summed E-state index contributed by atoms with van der Waals surface area (Å²) in [6.45, 7) is 1.31. The Balaban J connectivity index is 2.09. The largest absolute Gasteiger partial charge is 0.548 e. The molecule has 26 heavy (non-hydrogen) atoms. The van der Waals surface area contributed by atoms with E-state index in [0.29, 0.717) is 0 Å². The molecule has 6 nitrogen and oxygen atoms in total. The van der Waals surface area contributed by atoms with E-state index in [1.54, 1.807) is 24.3 Å². The molecule has 0 heterocycles. The number of benzene rings is 2. The lowest BCUT2D eigenvalue weighted by atomic mass is 10.0. The number of carboxylic acids is 1. The molecule has 2 atom stereocenters. The van der Waals surface area contributed by atoms with E-state index in [9.17, 15) is 19.5 Å². The van der Waals surface area contributed by atoms with E-state index >= 15 is 0 Å². The molecule has 2 N–H and O–H groups in total. The van der Waals surface area contributed by atoms with Crippen molar-refractivity contribution in [3.63, 3.8) is 0 Å². The van der Waals surface area contributed by atoms with Crippen LogP contribution in [0.15, 0.2) is 60.7 Å². The summed E-state index contributed by atoms with van der Waals surface area (Å²) in [5.41, 5.74) is 1.62. The average Bonchev–Trinajstić information content (AvgIpc) is 2.62. The number of aliphatic carboxylic acids is 1. The second-order valence-corrected chi connectivity index (χ2v) is 6.01. The van der Waals surface area contributed by atoms with Crippen molar-refractivity contribution in [3.05, 3.63) is 71.8 Å². The zero-order chi connectivity index (χ0) is 18.9. The minimum absolute atomic E-state index is 0.104. The molecule has 0 aromatic heterocycles. The van der Waals surface area contributed by atoms with E-state index < -0.39 is 24.0 Å². The highest BCUT2D eigenvalue weighted by atomic mass is 16.4. The van der Waals surface area contributed by atoms with Crippen molar-refractivity contribution in [1.82, 2.24) is 10.6 Å². The van der Waals surface area contributed by atoms with Gasteiger partial charge in [-0.05, 0) is 17.5 Å². The molecule has 2 amide bonds. The van der Waals surface area contributed by atoms with Gasteiger partial charge in [-0.25, -0.2) is 0 Å². The van der Waals surface area contributed by atoms with E-state index in [4.69, 9.17) is 0 Å². The lowest BCUT2D eigenvalue weighted by Crippen LogP contribution is -2.55. The maximum atomic E-state index is 12.6. The van der Waals surface area contributed by atoms with Crippen molar-refractivity contribution >= 4 is 17.8 Å². The first-order valence-electron chi connectivity index (χ1n) is 8.32. The maximum absolute atomic E-state index is 12.6. The van der Waals surface area contributed by atoms with E-state index in [1.165, 1.54) is 6.92 Å². The fourth-order valence-electron chi connectivity index (χ4n) is 2.62. The van der Waals surface area contributed by atoms with Crippen LogP contribution in [0.2, 0.25) is 0 Å². The molecular weight excluding hydrogens is 332 g/mol. The molecule has 2 aromatic carbocycles.